The predicted octanol–water partition coefficient (Wildman–Crippen LogP) is 3.29. The second-order valence-electron chi connectivity index (χ2n) is 8.07. The highest BCUT2D eigenvalue weighted by Crippen LogP contribution is 2.35. The summed E-state index contributed by atoms with van der Waals surface area (Å²) in [5.74, 6) is 1.20. The molecule has 2 aliphatic rings. The van der Waals surface area contributed by atoms with Gasteiger partial charge in [-0.25, -0.2) is 13.4 Å². The number of nitrogens with one attached hydrogen (secondary N) is 1. The first kappa shape index (κ1) is 23.7. The molecule has 2 aliphatic heterocycles. The van der Waals surface area contributed by atoms with Gasteiger partial charge in [0.15, 0.2) is 22.4 Å². The highest BCUT2D eigenvalue weighted by atomic mass is 32.2. The summed E-state index contributed by atoms with van der Waals surface area (Å²) in [7, 11) is -3.67. The number of hydrogen-bond donors (Lipinski definition) is 1. The summed E-state index contributed by atoms with van der Waals surface area (Å²) in [5.41, 5.74) is 1.98. The molecule has 0 unspecified atom stereocenters. The number of Topliss-reactive ketones (excluding diaryl/α,β-unsaturated/α-hetero) is 1. The van der Waals surface area contributed by atoms with Gasteiger partial charge in [-0.2, -0.15) is 4.31 Å². The molecule has 0 amide bonds. The third-order valence-corrected chi connectivity index (χ3v) is 8.41. The first-order valence-corrected chi connectivity index (χ1v) is 13.6. The van der Waals surface area contributed by atoms with Crippen LogP contribution in [-0.4, -0.2) is 69.6 Å². The molecule has 9 nitrogen and oxygen atoms in total. The molecule has 11 heteroatoms. The second-order valence-corrected chi connectivity index (χ2v) is 10.9. The molecule has 0 aliphatic carbocycles. The highest BCUT2D eigenvalue weighted by molar-refractivity contribution is 7.89. The number of ketones is 1. The van der Waals surface area contributed by atoms with E-state index in [9.17, 15) is 13.2 Å². The molecular formula is C24H25N3O6S2. The minimum Gasteiger partial charge on any atom is -0.490 e. The summed E-state index contributed by atoms with van der Waals surface area (Å²) in [6.45, 7) is 2.57. The monoisotopic (exact) mass is 515 g/mol. The maximum Gasteiger partial charge on any atom is 0.243 e. The molecule has 3 heterocycles. The van der Waals surface area contributed by atoms with Crippen LogP contribution in [-0.2, 0) is 14.8 Å². The summed E-state index contributed by atoms with van der Waals surface area (Å²) in [5, 5.41) is 5.55. The number of nitrogens with zero attached hydrogens (tertiary/aromatic N) is 2. The molecular weight excluding hydrogens is 490 g/mol. The van der Waals surface area contributed by atoms with Crippen molar-refractivity contribution in [1.29, 1.82) is 0 Å². The topological polar surface area (TPSA) is 107 Å². The van der Waals surface area contributed by atoms with Crippen molar-refractivity contribution in [2.75, 3.05) is 51.4 Å². The fourth-order valence-electron chi connectivity index (χ4n) is 3.83. The van der Waals surface area contributed by atoms with Crippen LogP contribution in [0.2, 0.25) is 0 Å². The molecule has 1 N–H and O–H groups in total. The van der Waals surface area contributed by atoms with Crippen molar-refractivity contribution in [2.24, 2.45) is 0 Å². The number of fused-ring (bicyclic) bond motifs is 1. The lowest BCUT2D eigenvalue weighted by Gasteiger charge is -2.26. The van der Waals surface area contributed by atoms with Gasteiger partial charge in [0.25, 0.3) is 0 Å². The van der Waals surface area contributed by atoms with Gasteiger partial charge in [-0.3, -0.25) is 4.79 Å². The van der Waals surface area contributed by atoms with Crippen molar-refractivity contribution in [3.63, 3.8) is 0 Å². The van der Waals surface area contributed by atoms with Crippen LogP contribution in [0.25, 0.3) is 11.3 Å². The second kappa shape index (κ2) is 10.3. The molecule has 1 fully saturated rings. The number of aromatic nitrogens is 1. The zero-order valence-electron chi connectivity index (χ0n) is 18.9. The first-order valence-electron chi connectivity index (χ1n) is 11.3. The fourth-order valence-corrected chi connectivity index (χ4v) is 6.01. The van der Waals surface area contributed by atoms with E-state index in [-0.39, 0.29) is 17.2 Å². The van der Waals surface area contributed by atoms with E-state index in [1.165, 1.54) is 27.8 Å². The van der Waals surface area contributed by atoms with Crippen molar-refractivity contribution in [1.82, 2.24) is 9.29 Å². The van der Waals surface area contributed by atoms with Gasteiger partial charge in [0.2, 0.25) is 10.0 Å². The van der Waals surface area contributed by atoms with Gasteiger partial charge in [-0.1, -0.05) is 12.1 Å². The number of benzene rings is 2. The zero-order valence-corrected chi connectivity index (χ0v) is 20.6. The standard InChI is InChI=1S/C24H25N3O6S2/c28-21(18-3-1-4-19(13-18)35(29,30)27-7-11-31-12-8-27)15-25-24-26-20(16-34-24)17-5-6-22-23(14-17)33-10-2-9-32-22/h1,3-6,13-14,16H,2,7-12,15H2,(H,25,26). The van der Waals surface area contributed by atoms with Crippen LogP contribution in [0, 0.1) is 0 Å². The van der Waals surface area contributed by atoms with Gasteiger partial charge < -0.3 is 19.5 Å². The SMILES string of the molecule is O=C(CNc1nc(-c2ccc3c(c2)OCCCO3)cs1)c1cccc(S(=O)(=O)N2CCOCC2)c1. The molecule has 2 aromatic carbocycles. The predicted molar refractivity (Wildman–Crippen MR) is 132 cm³/mol. The molecule has 5 rings (SSSR count). The third-order valence-electron chi connectivity index (χ3n) is 5.71. The summed E-state index contributed by atoms with van der Waals surface area (Å²) in [4.78, 5) is 17.5. The molecule has 1 saturated heterocycles. The van der Waals surface area contributed by atoms with Crippen LogP contribution in [0.3, 0.4) is 0 Å². The Bertz CT molecular complexity index is 1320. The Hall–Kier alpha value is -2.99. The van der Waals surface area contributed by atoms with Crippen LogP contribution in [0.4, 0.5) is 5.13 Å². The lowest BCUT2D eigenvalue weighted by molar-refractivity contribution is 0.0730. The largest absolute Gasteiger partial charge is 0.490 e. The Morgan fingerprint density at radius 1 is 1.03 bits per heavy atom. The average Bonchev–Trinajstić information content (AvgIpc) is 3.25. The van der Waals surface area contributed by atoms with E-state index in [0.717, 1.165) is 23.4 Å². The van der Waals surface area contributed by atoms with Crippen molar-refractivity contribution < 1.29 is 27.4 Å². The van der Waals surface area contributed by atoms with Crippen molar-refractivity contribution in [3.8, 4) is 22.8 Å². The van der Waals surface area contributed by atoms with Gasteiger partial charge in [0.05, 0.1) is 43.6 Å². The number of sulfonamides is 1. The van der Waals surface area contributed by atoms with Crippen LogP contribution in [0.5, 0.6) is 11.5 Å². The quantitative estimate of drug-likeness (QED) is 0.478. The van der Waals surface area contributed by atoms with E-state index < -0.39 is 10.0 Å². The average molecular weight is 516 g/mol. The number of morpholine rings is 1. The molecule has 0 saturated carbocycles. The number of thiazole rings is 1. The van der Waals surface area contributed by atoms with Crippen molar-refractivity contribution >= 4 is 32.3 Å². The van der Waals surface area contributed by atoms with Crippen molar-refractivity contribution in [3.05, 3.63) is 53.4 Å². The number of ether oxygens (including phenoxy) is 3. The smallest absolute Gasteiger partial charge is 0.243 e. The van der Waals surface area contributed by atoms with E-state index in [1.807, 2.05) is 23.6 Å². The van der Waals surface area contributed by atoms with Gasteiger partial charge in [-0.05, 0) is 30.3 Å². The van der Waals surface area contributed by atoms with Crippen LogP contribution >= 0.6 is 11.3 Å². The number of carbonyl (C=O) groups is 1. The van der Waals surface area contributed by atoms with Crippen molar-refractivity contribution in [2.45, 2.75) is 11.3 Å². The van der Waals surface area contributed by atoms with Gasteiger partial charge >= 0.3 is 0 Å². The normalized spacial score (nSPS) is 16.5. The molecule has 184 valence electrons. The Kier molecular flexibility index (Phi) is 7.00. The molecule has 1 aromatic heterocycles. The summed E-state index contributed by atoms with van der Waals surface area (Å²) in [6.07, 6.45) is 0.838. The van der Waals surface area contributed by atoms with Gasteiger partial charge in [0, 0.05) is 36.0 Å². The molecule has 0 bridgehead atoms. The lowest BCUT2D eigenvalue weighted by atomic mass is 10.1. The van der Waals surface area contributed by atoms with Crippen LogP contribution in [0.15, 0.2) is 52.7 Å². The number of rotatable bonds is 7. The van der Waals surface area contributed by atoms with E-state index in [0.29, 0.717) is 56.0 Å². The Labute approximate surface area is 207 Å². The van der Waals surface area contributed by atoms with E-state index >= 15 is 0 Å². The first-order chi connectivity index (χ1) is 17.0. The third kappa shape index (κ3) is 5.32. The maximum absolute atomic E-state index is 12.9. The Morgan fingerprint density at radius 2 is 1.83 bits per heavy atom. The van der Waals surface area contributed by atoms with E-state index in [1.54, 1.807) is 12.1 Å². The summed E-state index contributed by atoms with van der Waals surface area (Å²) in [6, 6.07) is 11.9. The van der Waals surface area contributed by atoms with E-state index in [2.05, 4.69) is 10.3 Å². The molecule has 0 spiro atoms. The van der Waals surface area contributed by atoms with Gasteiger partial charge in [-0.15, -0.1) is 11.3 Å². The Morgan fingerprint density at radius 3 is 2.66 bits per heavy atom. The molecule has 35 heavy (non-hydrogen) atoms. The maximum atomic E-state index is 12.9. The zero-order chi connectivity index (χ0) is 24.3. The lowest BCUT2D eigenvalue weighted by Crippen LogP contribution is -2.40. The minimum atomic E-state index is -3.67. The minimum absolute atomic E-state index is 0.00481. The number of hydrogen-bond acceptors (Lipinski definition) is 9. The summed E-state index contributed by atoms with van der Waals surface area (Å²) >= 11 is 1.39. The summed E-state index contributed by atoms with van der Waals surface area (Å²) < 4.78 is 43.9. The molecule has 3 aromatic rings. The fraction of sp³-hybridized carbons (Fsp3) is 0.333. The van der Waals surface area contributed by atoms with E-state index in [4.69, 9.17) is 14.2 Å². The van der Waals surface area contributed by atoms with Gasteiger partial charge in [0.1, 0.15) is 0 Å². The number of anilines is 1. The Balaban J connectivity index is 1.25. The van der Waals surface area contributed by atoms with Crippen LogP contribution in [0.1, 0.15) is 16.8 Å². The van der Waals surface area contributed by atoms with Crippen LogP contribution < -0.4 is 14.8 Å². The highest BCUT2D eigenvalue weighted by Gasteiger charge is 2.27. The molecule has 0 atom stereocenters. The number of carbonyl (C=O) groups excluding carboxylic acids is 1. The molecule has 0 radical (unpaired) electrons.